The molecule has 0 aliphatic carbocycles. The van der Waals surface area contributed by atoms with Crippen molar-refractivity contribution < 1.29 is 26.4 Å². The molecule has 1 aliphatic heterocycles. The smallest absolute Gasteiger partial charge is 0.243 e. The predicted molar refractivity (Wildman–Crippen MR) is 110 cm³/mol. The Balaban J connectivity index is 1.58. The summed E-state index contributed by atoms with van der Waals surface area (Å²) >= 11 is 0. The second-order valence-corrected chi connectivity index (χ2v) is 10.3. The molecule has 0 bridgehead atoms. The minimum atomic E-state index is -3.97. The number of piperidine rings is 1. The number of rotatable bonds is 6. The lowest BCUT2D eigenvalue weighted by atomic mass is 9.84. The van der Waals surface area contributed by atoms with Gasteiger partial charge in [-0.3, -0.25) is 4.79 Å². The molecule has 0 saturated carbocycles. The van der Waals surface area contributed by atoms with Crippen LogP contribution in [0.25, 0.3) is 0 Å². The van der Waals surface area contributed by atoms with Crippen molar-refractivity contribution >= 4 is 15.9 Å². The molecule has 2 aromatic carbocycles. The Morgan fingerprint density at radius 3 is 2.29 bits per heavy atom. The van der Waals surface area contributed by atoms with Gasteiger partial charge in [0.15, 0.2) is 11.6 Å². The SMILES string of the molecule is CC(C)(CNC(=O)C1CCN(S(=O)(=O)c2ccc(F)c(F)c2)CC1)c1ccccc1F. The van der Waals surface area contributed by atoms with Crippen molar-refractivity contribution in [3.8, 4) is 0 Å². The largest absolute Gasteiger partial charge is 0.355 e. The number of hydrogen-bond acceptors (Lipinski definition) is 3. The molecule has 1 N–H and O–H groups in total. The van der Waals surface area contributed by atoms with E-state index < -0.39 is 27.1 Å². The van der Waals surface area contributed by atoms with E-state index in [0.717, 1.165) is 12.1 Å². The van der Waals surface area contributed by atoms with Crippen molar-refractivity contribution in [2.45, 2.75) is 37.0 Å². The van der Waals surface area contributed by atoms with Gasteiger partial charge >= 0.3 is 0 Å². The fourth-order valence-electron chi connectivity index (χ4n) is 3.70. The van der Waals surface area contributed by atoms with Crippen molar-refractivity contribution in [1.82, 2.24) is 9.62 Å². The summed E-state index contributed by atoms with van der Waals surface area (Å²) in [6.45, 7) is 4.10. The highest BCUT2D eigenvalue weighted by Crippen LogP contribution is 2.27. The molecular weight excluding hydrogens is 429 g/mol. The Hall–Kier alpha value is -2.39. The van der Waals surface area contributed by atoms with Crippen molar-refractivity contribution in [1.29, 1.82) is 0 Å². The summed E-state index contributed by atoms with van der Waals surface area (Å²) in [5.41, 5.74) is -0.111. The second kappa shape index (κ2) is 9.00. The highest BCUT2D eigenvalue weighted by Gasteiger charge is 2.33. The van der Waals surface area contributed by atoms with Crippen LogP contribution < -0.4 is 5.32 Å². The average molecular weight is 455 g/mol. The topological polar surface area (TPSA) is 66.5 Å². The number of hydrogen-bond donors (Lipinski definition) is 1. The highest BCUT2D eigenvalue weighted by atomic mass is 32.2. The van der Waals surface area contributed by atoms with E-state index >= 15 is 0 Å². The van der Waals surface area contributed by atoms with Gasteiger partial charge in [-0.25, -0.2) is 21.6 Å². The van der Waals surface area contributed by atoms with Gasteiger partial charge in [-0.2, -0.15) is 4.31 Å². The standard InChI is InChI=1S/C22H25F3N2O3S/c1-22(2,17-5-3-4-6-18(17)23)14-26-21(28)15-9-11-27(12-10-15)31(29,30)16-7-8-19(24)20(25)13-16/h3-8,13,15H,9-12,14H2,1-2H3,(H,26,28). The van der Waals surface area contributed by atoms with E-state index in [1.54, 1.807) is 18.2 Å². The molecular formula is C22H25F3N2O3S. The van der Waals surface area contributed by atoms with Crippen LogP contribution in [0.3, 0.4) is 0 Å². The van der Waals surface area contributed by atoms with E-state index in [1.807, 2.05) is 13.8 Å². The number of sulfonamides is 1. The van der Waals surface area contributed by atoms with Crippen molar-refractivity contribution in [2.24, 2.45) is 5.92 Å². The molecule has 0 spiro atoms. The number of carbonyl (C=O) groups excluding carboxylic acids is 1. The van der Waals surface area contributed by atoms with Crippen molar-refractivity contribution in [2.75, 3.05) is 19.6 Å². The summed E-state index contributed by atoms with van der Waals surface area (Å²) in [6, 6.07) is 8.87. The summed E-state index contributed by atoms with van der Waals surface area (Å²) in [7, 11) is -3.97. The first-order valence-electron chi connectivity index (χ1n) is 10.0. The molecule has 0 aromatic heterocycles. The zero-order valence-corrected chi connectivity index (χ0v) is 18.2. The highest BCUT2D eigenvalue weighted by molar-refractivity contribution is 7.89. The van der Waals surface area contributed by atoms with E-state index in [1.165, 1.54) is 10.4 Å². The molecule has 0 radical (unpaired) electrons. The maximum absolute atomic E-state index is 14.1. The third-order valence-corrected chi connectivity index (χ3v) is 7.56. The number of benzene rings is 2. The summed E-state index contributed by atoms with van der Waals surface area (Å²) in [5.74, 6) is -3.28. The Morgan fingerprint density at radius 2 is 1.68 bits per heavy atom. The van der Waals surface area contributed by atoms with Gasteiger partial charge < -0.3 is 5.32 Å². The van der Waals surface area contributed by atoms with Crippen LogP contribution in [0.5, 0.6) is 0 Å². The fourth-order valence-corrected chi connectivity index (χ4v) is 5.18. The van der Waals surface area contributed by atoms with E-state index in [9.17, 15) is 26.4 Å². The van der Waals surface area contributed by atoms with E-state index in [0.29, 0.717) is 24.5 Å². The number of nitrogens with zero attached hydrogens (tertiary/aromatic N) is 1. The van der Waals surface area contributed by atoms with Gasteiger partial charge in [-0.15, -0.1) is 0 Å². The molecule has 9 heteroatoms. The van der Waals surface area contributed by atoms with Crippen LogP contribution in [0.2, 0.25) is 0 Å². The third kappa shape index (κ3) is 5.10. The van der Waals surface area contributed by atoms with Crippen LogP contribution in [0.15, 0.2) is 47.4 Å². The monoisotopic (exact) mass is 454 g/mol. The zero-order valence-electron chi connectivity index (χ0n) is 17.4. The van der Waals surface area contributed by atoms with Crippen LogP contribution in [0, 0.1) is 23.4 Å². The third-order valence-electron chi connectivity index (χ3n) is 5.66. The molecule has 1 aliphatic rings. The average Bonchev–Trinajstić information content (AvgIpc) is 2.74. The Labute approximate surface area is 180 Å². The van der Waals surface area contributed by atoms with Crippen LogP contribution >= 0.6 is 0 Å². The lowest BCUT2D eigenvalue weighted by Gasteiger charge is -2.32. The Morgan fingerprint density at radius 1 is 1.03 bits per heavy atom. The summed E-state index contributed by atoms with van der Waals surface area (Å²) in [4.78, 5) is 12.3. The predicted octanol–water partition coefficient (Wildman–Crippen LogP) is 3.60. The summed E-state index contributed by atoms with van der Waals surface area (Å²) in [6.07, 6.45) is 0.601. The minimum Gasteiger partial charge on any atom is -0.355 e. The molecule has 3 rings (SSSR count). The quantitative estimate of drug-likeness (QED) is 0.725. The van der Waals surface area contributed by atoms with Crippen LogP contribution in [0.4, 0.5) is 13.2 Å². The van der Waals surface area contributed by atoms with Gasteiger partial charge in [0.25, 0.3) is 0 Å². The molecule has 31 heavy (non-hydrogen) atoms. The van der Waals surface area contributed by atoms with Crippen LogP contribution in [0.1, 0.15) is 32.3 Å². The van der Waals surface area contributed by atoms with E-state index in [2.05, 4.69) is 5.32 Å². The van der Waals surface area contributed by atoms with Gasteiger partial charge in [-0.05, 0) is 42.7 Å². The van der Waals surface area contributed by atoms with Crippen LogP contribution in [-0.4, -0.2) is 38.3 Å². The maximum atomic E-state index is 14.1. The maximum Gasteiger partial charge on any atom is 0.243 e. The second-order valence-electron chi connectivity index (χ2n) is 8.34. The van der Waals surface area contributed by atoms with Gasteiger partial charge in [-0.1, -0.05) is 32.0 Å². The minimum absolute atomic E-state index is 0.0934. The van der Waals surface area contributed by atoms with Crippen molar-refractivity contribution in [3.63, 3.8) is 0 Å². The molecule has 1 amide bonds. The molecule has 1 fully saturated rings. The fraction of sp³-hybridized carbons (Fsp3) is 0.409. The number of nitrogens with one attached hydrogen (secondary N) is 1. The molecule has 5 nitrogen and oxygen atoms in total. The van der Waals surface area contributed by atoms with E-state index in [-0.39, 0.29) is 42.2 Å². The molecule has 168 valence electrons. The molecule has 1 heterocycles. The Kier molecular flexibility index (Phi) is 6.76. The van der Waals surface area contributed by atoms with E-state index in [4.69, 9.17) is 0 Å². The first-order chi connectivity index (χ1) is 14.5. The van der Waals surface area contributed by atoms with Gasteiger partial charge in [0, 0.05) is 31.0 Å². The lowest BCUT2D eigenvalue weighted by molar-refractivity contribution is -0.126. The number of halogens is 3. The van der Waals surface area contributed by atoms with Crippen molar-refractivity contribution in [3.05, 3.63) is 65.5 Å². The van der Waals surface area contributed by atoms with Gasteiger partial charge in [0.05, 0.1) is 4.90 Å². The number of carbonyl (C=O) groups is 1. The molecule has 1 saturated heterocycles. The summed E-state index contributed by atoms with van der Waals surface area (Å²) in [5, 5.41) is 2.85. The molecule has 0 atom stereocenters. The zero-order chi connectivity index (χ0) is 22.8. The molecule has 0 unspecified atom stereocenters. The molecule has 2 aromatic rings. The number of amides is 1. The van der Waals surface area contributed by atoms with Gasteiger partial charge in [0.2, 0.25) is 15.9 Å². The normalized spacial score (nSPS) is 16.3. The summed E-state index contributed by atoms with van der Waals surface area (Å²) < 4.78 is 67.2. The first-order valence-corrected chi connectivity index (χ1v) is 11.4. The van der Waals surface area contributed by atoms with Gasteiger partial charge in [0.1, 0.15) is 5.82 Å². The first kappa shape index (κ1) is 23.3. The van der Waals surface area contributed by atoms with Crippen LogP contribution in [-0.2, 0) is 20.2 Å². The lowest BCUT2D eigenvalue weighted by Crippen LogP contribution is -2.45. The Bertz CT molecular complexity index is 1070.